The average Bonchev–Trinajstić information content (AvgIpc) is 3.58. The number of amides is 4. The number of fused-ring (bicyclic) bond motifs is 5. The fourth-order valence-electron chi connectivity index (χ4n) is 7.44. The van der Waals surface area contributed by atoms with Gasteiger partial charge in [-0.1, -0.05) is 30.3 Å². The monoisotopic (exact) mass is 854 g/mol. The number of hydrogen-bond donors (Lipinski definition) is 4. The minimum atomic E-state index is -1.58. The van der Waals surface area contributed by atoms with E-state index in [4.69, 9.17) is 29.0 Å². The number of aliphatic hydroxyl groups is 1. The molecule has 0 unspecified atom stereocenters. The lowest BCUT2D eigenvalue weighted by Crippen LogP contribution is -2.46. The normalized spacial score (nSPS) is 14.0. The second kappa shape index (κ2) is 19.4. The number of aromatic nitrogens is 2. The van der Waals surface area contributed by atoms with Crippen LogP contribution in [0.25, 0.3) is 22.3 Å². The average molecular weight is 855 g/mol. The lowest BCUT2D eigenvalue weighted by atomic mass is 9.96. The van der Waals surface area contributed by atoms with Gasteiger partial charge in [0.05, 0.1) is 35.6 Å². The Labute approximate surface area is 356 Å². The fraction of sp³-hybridized carbons (Fsp3) is 0.409. The summed E-state index contributed by atoms with van der Waals surface area (Å²) in [6.07, 6.45) is -1.89. The van der Waals surface area contributed by atoms with Crippen LogP contribution >= 0.6 is 0 Å². The van der Waals surface area contributed by atoms with Crippen LogP contribution in [0.4, 0.5) is 10.5 Å². The van der Waals surface area contributed by atoms with Crippen molar-refractivity contribution in [3.63, 3.8) is 0 Å². The molecule has 0 radical (unpaired) electrons. The molecule has 18 nitrogen and oxygen atoms in total. The summed E-state index contributed by atoms with van der Waals surface area (Å²) in [4.78, 5) is 95.7. The standard InChI is InChI=1S/C44H50N6O12/c1-25(2)49(26(3)52)16-14-29-30-8-6-7-9-34(30)47-39-32(29)20-50-35(39)18-31-33(41(50)56)22-60-42(57)40(31)62-43(58)61-21-27-10-12-28(13-11-27)46-36(53)19-45-37(54)23-59-24-38(55)48-44(4,5)15-17-51/h6-13,18,25,40,51H,14-17,19-24H2,1-5H3,(H,45,54)(H,46,53)(H,48,55)/t40-/m0/s1. The molecule has 2 aliphatic rings. The minimum absolute atomic E-state index is 0.00404. The molecule has 2 aromatic heterocycles. The van der Waals surface area contributed by atoms with Crippen LogP contribution in [0.1, 0.15) is 75.0 Å². The molecule has 0 saturated carbocycles. The first-order valence-electron chi connectivity index (χ1n) is 20.1. The zero-order valence-electron chi connectivity index (χ0n) is 35.2. The van der Waals surface area contributed by atoms with Gasteiger partial charge in [0, 0.05) is 53.9 Å². The van der Waals surface area contributed by atoms with E-state index in [9.17, 15) is 33.6 Å². The molecule has 18 heteroatoms. The van der Waals surface area contributed by atoms with E-state index < -0.39 is 53.7 Å². The highest BCUT2D eigenvalue weighted by Crippen LogP contribution is 2.39. The molecule has 328 valence electrons. The van der Waals surface area contributed by atoms with Gasteiger partial charge in [-0.05, 0) is 75.9 Å². The highest BCUT2D eigenvalue weighted by Gasteiger charge is 2.38. The number of pyridine rings is 2. The van der Waals surface area contributed by atoms with E-state index in [1.807, 2.05) is 38.1 Å². The zero-order valence-corrected chi connectivity index (χ0v) is 35.2. The van der Waals surface area contributed by atoms with E-state index >= 15 is 0 Å². The highest BCUT2D eigenvalue weighted by molar-refractivity contribution is 5.95. The number of para-hydroxylation sites is 1. The Hall–Kier alpha value is -6.66. The molecule has 2 aromatic carbocycles. The van der Waals surface area contributed by atoms with Gasteiger partial charge in [-0.2, -0.15) is 0 Å². The highest BCUT2D eigenvalue weighted by atomic mass is 16.7. The third-order valence-electron chi connectivity index (χ3n) is 10.5. The van der Waals surface area contributed by atoms with Gasteiger partial charge in [0.25, 0.3) is 5.56 Å². The number of aliphatic hydroxyl groups excluding tert-OH is 1. The summed E-state index contributed by atoms with van der Waals surface area (Å²) in [5.41, 5.74) is 3.72. The van der Waals surface area contributed by atoms with Gasteiger partial charge in [0.1, 0.15) is 26.4 Å². The number of anilines is 1. The lowest BCUT2D eigenvalue weighted by molar-refractivity contribution is -0.159. The lowest BCUT2D eigenvalue weighted by Gasteiger charge is -2.26. The molecule has 0 saturated heterocycles. The van der Waals surface area contributed by atoms with Crippen LogP contribution in [-0.4, -0.2) is 99.8 Å². The van der Waals surface area contributed by atoms with E-state index in [1.165, 1.54) is 6.92 Å². The topological polar surface area (TPSA) is 234 Å². The molecule has 0 fully saturated rings. The molecule has 4 aromatic rings. The van der Waals surface area contributed by atoms with Crippen molar-refractivity contribution >= 4 is 52.3 Å². The van der Waals surface area contributed by atoms with E-state index in [-0.39, 0.29) is 62.6 Å². The van der Waals surface area contributed by atoms with Gasteiger partial charge in [0.15, 0.2) is 0 Å². The van der Waals surface area contributed by atoms with E-state index in [1.54, 1.807) is 53.6 Å². The van der Waals surface area contributed by atoms with Crippen molar-refractivity contribution in [2.45, 2.75) is 84.9 Å². The summed E-state index contributed by atoms with van der Waals surface area (Å²) in [5, 5.41) is 17.7. The van der Waals surface area contributed by atoms with Crippen molar-refractivity contribution in [1.29, 1.82) is 0 Å². The third kappa shape index (κ3) is 10.6. The van der Waals surface area contributed by atoms with Gasteiger partial charge in [-0.15, -0.1) is 0 Å². The zero-order chi connectivity index (χ0) is 44.7. The van der Waals surface area contributed by atoms with Crippen molar-refractivity contribution in [2.75, 3.05) is 38.2 Å². The maximum absolute atomic E-state index is 14.0. The number of nitrogens with one attached hydrogen (secondary N) is 3. The molecule has 1 atom stereocenters. The van der Waals surface area contributed by atoms with Gasteiger partial charge >= 0.3 is 12.1 Å². The Morgan fingerprint density at radius 3 is 2.44 bits per heavy atom. The number of hydrogen-bond acceptors (Lipinski definition) is 13. The number of cyclic esters (lactones) is 1. The second-order valence-electron chi connectivity index (χ2n) is 15.9. The Bertz CT molecular complexity index is 2450. The molecule has 4 N–H and O–H groups in total. The van der Waals surface area contributed by atoms with Gasteiger partial charge in [-0.3, -0.25) is 24.0 Å². The molecule has 0 aliphatic carbocycles. The van der Waals surface area contributed by atoms with Crippen LogP contribution in [0.15, 0.2) is 59.4 Å². The van der Waals surface area contributed by atoms with E-state index in [2.05, 4.69) is 16.0 Å². The van der Waals surface area contributed by atoms with Crippen LogP contribution in [-0.2, 0) is 69.1 Å². The molecule has 62 heavy (non-hydrogen) atoms. The van der Waals surface area contributed by atoms with Crippen molar-refractivity contribution < 1.29 is 52.8 Å². The smallest absolute Gasteiger partial charge is 0.458 e. The first kappa shape index (κ1) is 44.9. The summed E-state index contributed by atoms with van der Waals surface area (Å²) in [6.45, 7) is 7.79. The number of esters is 1. The van der Waals surface area contributed by atoms with Gasteiger partial charge < -0.3 is 49.5 Å². The van der Waals surface area contributed by atoms with E-state index in [0.717, 1.165) is 16.5 Å². The predicted molar refractivity (Wildman–Crippen MR) is 223 cm³/mol. The van der Waals surface area contributed by atoms with Crippen LogP contribution in [0.3, 0.4) is 0 Å². The predicted octanol–water partition coefficient (Wildman–Crippen LogP) is 3.02. The number of carbonyl (C=O) groups is 6. The summed E-state index contributed by atoms with van der Waals surface area (Å²) in [6, 6.07) is 15.5. The molecule has 2 aliphatic heterocycles. The largest absolute Gasteiger partial charge is 0.509 e. The maximum atomic E-state index is 14.0. The minimum Gasteiger partial charge on any atom is -0.458 e. The Morgan fingerprint density at radius 1 is 1.00 bits per heavy atom. The molecular formula is C44H50N6O12. The number of ether oxygens (including phenoxy) is 4. The Morgan fingerprint density at radius 2 is 1.73 bits per heavy atom. The number of benzene rings is 2. The summed E-state index contributed by atoms with van der Waals surface area (Å²) in [5.74, 6) is -2.50. The quantitative estimate of drug-likeness (QED) is 0.0987. The number of rotatable bonds is 17. The van der Waals surface area contributed by atoms with E-state index in [0.29, 0.717) is 47.5 Å². The maximum Gasteiger partial charge on any atom is 0.509 e. The summed E-state index contributed by atoms with van der Waals surface area (Å²) >= 11 is 0. The summed E-state index contributed by atoms with van der Waals surface area (Å²) in [7, 11) is 0. The molecule has 0 bridgehead atoms. The molecule has 6 rings (SSSR count). The van der Waals surface area contributed by atoms with Crippen LogP contribution in [0.5, 0.6) is 0 Å². The van der Waals surface area contributed by atoms with Gasteiger partial charge in [-0.25, -0.2) is 14.6 Å². The Kier molecular flexibility index (Phi) is 14.0. The SMILES string of the molecule is CC(=O)N(CCc1c2c(nc3ccccc13)-c1cc3c(c(=O)n1C2)COC(=O)[C@H]3OC(=O)OCc1ccc(NC(=O)CNC(=O)COCC(=O)NC(C)(C)CCO)cc1)C(C)C. The molecule has 0 spiro atoms. The van der Waals surface area contributed by atoms with Crippen LogP contribution in [0, 0.1) is 0 Å². The van der Waals surface area contributed by atoms with Crippen LogP contribution in [0.2, 0.25) is 0 Å². The van der Waals surface area contributed by atoms with Crippen molar-refractivity contribution in [2.24, 2.45) is 0 Å². The van der Waals surface area contributed by atoms with Crippen molar-refractivity contribution in [1.82, 2.24) is 25.1 Å². The molecular weight excluding hydrogens is 805 g/mol. The molecule has 4 amide bonds. The summed E-state index contributed by atoms with van der Waals surface area (Å²) < 4.78 is 22.8. The third-order valence-corrected chi connectivity index (χ3v) is 10.5. The van der Waals surface area contributed by atoms with Crippen molar-refractivity contribution in [3.8, 4) is 11.4 Å². The second-order valence-corrected chi connectivity index (χ2v) is 15.9. The van der Waals surface area contributed by atoms with Crippen LogP contribution < -0.4 is 21.5 Å². The first-order chi connectivity index (χ1) is 29.5. The first-order valence-corrected chi connectivity index (χ1v) is 20.1. The number of nitrogens with zero attached hydrogens (tertiary/aromatic N) is 3. The fourth-order valence-corrected chi connectivity index (χ4v) is 7.44. The Balaban J connectivity index is 1.05. The van der Waals surface area contributed by atoms with Gasteiger partial charge in [0.2, 0.25) is 29.7 Å². The van der Waals surface area contributed by atoms with Crippen molar-refractivity contribution in [3.05, 3.63) is 92.8 Å². The number of carbonyl (C=O) groups excluding carboxylic acids is 6. The molecule has 4 heterocycles.